The summed E-state index contributed by atoms with van der Waals surface area (Å²) in [5.41, 5.74) is 2.99. The van der Waals surface area contributed by atoms with E-state index in [0.29, 0.717) is 11.9 Å². The number of nitrogens with one attached hydrogen (secondary N) is 1. The molecule has 2 aromatic carbocycles. The van der Waals surface area contributed by atoms with Crippen LogP contribution in [0.1, 0.15) is 62.5 Å². The molecule has 0 radical (unpaired) electrons. The molecule has 3 heteroatoms. The van der Waals surface area contributed by atoms with E-state index >= 15 is 0 Å². The maximum Gasteiger partial charge on any atom is 0.228 e. The molecular formula is C29H36N2O. The third-order valence-corrected chi connectivity index (χ3v) is 9.12. The van der Waals surface area contributed by atoms with E-state index in [0.717, 1.165) is 63.6 Å². The molecule has 4 saturated carbocycles. The number of likely N-dealkylation sites (tertiary alicyclic amines) is 1. The van der Waals surface area contributed by atoms with Crippen LogP contribution < -0.4 is 5.32 Å². The molecule has 2 aromatic rings. The van der Waals surface area contributed by atoms with Crippen LogP contribution in [0.15, 0.2) is 60.7 Å². The van der Waals surface area contributed by atoms with Gasteiger partial charge in [0.05, 0.1) is 5.41 Å². The number of carbonyl (C=O) groups is 1. The highest BCUT2D eigenvalue weighted by atomic mass is 16.2. The highest BCUT2D eigenvalue weighted by Crippen LogP contribution is 2.66. The standard InChI is InChI=1S/C29H36N2O/c32-27(31-13-11-26(12-14-31)30-20-22-7-3-1-4-8-22)29-18-23-15-24(19-29)17-28(16-23,21-29)25-9-5-2-6-10-25/h1-10,23-24,26,30H,11-21H2. The molecule has 1 heterocycles. The molecule has 2 unspecified atom stereocenters. The lowest BCUT2D eigenvalue weighted by Gasteiger charge is -2.62. The number of rotatable bonds is 5. The summed E-state index contributed by atoms with van der Waals surface area (Å²) in [5.74, 6) is 1.98. The zero-order valence-electron chi connectivity index (χ0n) is 19.1. The minimum atomic E-state index is -0.0930. The van der Waals surface area contributed by atoms with E-state index in [1.165, 1.54) is 30.4 Å². The third-order valence-electron chi connectivity index (χ3n) is 9.12. The van der Waals surface area contributed by atoms with Crippen LogP contribution in [0.25, 0.3) is 0 Å². The zero-order chi connectivity index (χ0) is 21.6. The predicted molar refractivity (Wildman–Crippen MR) is 128 cm³/mol. The first-order valence-corrected chi connectivity index (χ1v) is 12.8. The highest BCUT2D eigenvalue weighted by Gasteiger charge is 2.61. The lowest BCUT2D eigenvalue weighted by Crippen LogP contribution is -2.60. The second-order valence-electron chi connectivity index (χ2n) is 11.3. The van der Waals surface area contributed by atoms with Crippen molar-refractivity contribution in [1.29, 1.82) is 0 Å². The predicted octanol–water partition coefficient (Wildman–Crippen LogP) is 5.31. The Morgan fingerprint density at radius 3 is 2.16 bits per heavy atom. The molecule has 5 aliphatic rings. The van der Waals surface area contributed by atoms with E-state index in [1.807, 2.05) is 0 Å². The molecule has 168 valence electrons. The van der Waals surface area contributed by atoms with E-state index in [-0.39, 0.29) is 10.8 Å². The van der Waals surface area contributed by atoms with Gasteiger partial charge in [-0.05, 0) is 79.7 Å². The molecule has 1 N–H and O–H groups in total. The van der Waals surface area contributed by atoms with Gasteiger partial charge in [0.25, 0.3) is 0 Å². The maximum atomic E-state index is 14.0. The number of amides is 1. The van der Waals surface area contributed by atoms with Gasteiger partial charge in [0.1, 0.15) is 0 Å². The fourth-order valence-corrected chi connectivity index (χ4v) is 8.12. The van der Waals surface area contributed by atoms with Gasteiger partial charge in [-0.2, -0.15) is 0 Å². The molecule has 1 aliphatic heterocycles. The number of carbonyl (C=O) groups excluding carboxylic acids is 1. The summed E-state index contributed by atoms with van der Waals surface area (Å²) in [4.78, 5) is 16.3. The summed E-state index contributed by atoms with van der Waals surface area (Å²) < 4.78 is 0. The van der Waals surface area contributed by atoms with E-state index < -0.39 is 0 Å². The second-order valence-corrected chi connectivity index (χ2v) is 11.3. The summed E-state index contributed by atoms with van der Waals surface area (Å²) in [6.45, 7) is 2.76. The summed E-state index contributed by atoms with van der Waals surface area (Å²) in [7, 11) is 0. The molecule has 32 heavy (non-hydrogen) atoms. The Labute approximate surface area is 192 Å². The van der Waals surface area contributed by atoms with Crippen LogP contribution in [-0.2, 0) is 16.8 Å². The number of benzene rings is 2. The van der Waals surface area contributed by atoms with Gasteiger partial charge in [0, 0.05) is 25.7 Å². The summed E-state index contributed by atoms with van der Waals surface area (Å²) in [6.07, 6.45) is 9.47. The SMILES string of the molecule is O=C(N1CCC(NCc2ccccc2)CC1)C12CC3CC(C1)CC(c1ccccc1)(C3)C2. The Morgan fingerprint density at radius 1 is 0.875 bits per heavy atom. The van der Waals surface area contributed by atoms with Crippen molar-refractivity contribution in [3.05, 3.63) is 71.8 Å². The summed E-state index contributed by atoms with van der Waals surface area (Å²) >= 11 is 0. The topological polar surface area (TPSA) is 32.3 Å². The van der Waals surface area contributed by atoms with Gasteiger partial charge in [0.2, 0.25) is 5.91 Å². The van der Waals surface area contributed by atoms with Crippen LogP contribution in [0, 0.1) is 17.3 Å². The van der Waals surface area contributed by atoms with Crippen molar-refractivity contribution in [3.8, 4) is 0 Å². The van der Waals surface area contributed by atoms with E-state index in [4.69, 9.17) is 0 Å². The van der Waals surface area contributed by atoms with Crippen LogP contribution in [0.2, 0.25) is 0 Å². The molecule has 1 amide bonds. The van der Waals surface area contributed by atoms with Gasteiger partial charge in [-0.3, -0.25) is 4.79 Å². The minimum absolute atomic E-state index is 0.0930. The maximum absolute atomic E-state index is 14.0. The Kier molecular flexibility index (Phi) is 5.13. The van der Waals surface area contributed by atoms with Gasteiger partial charge in [-0.15, -0.1) is 0 Å². The monoisotopic (exact) mass is 428 g/mol. The Morgan fingerprint density at radius 2 is 1.50 bits per heavy atom. The van der Waals surface area contributed by atoms with Crippen molar-refractivity contribution in [2.75, 3.05) is 13.1 Å². The van der Waals surface area contributed by atoms with Crippen molar-refractivity contribution in [2.45, 2.75) is 69.4 Å². The van der Waals surface area contributed by atoms with Crippen LogP contribution in [0.3, 0.4) is 0 Å². The molecule has 4 aliphatic carbocycles. The second kappa shape index (κ2) is 8.02. The normalized spacial score (nSPS) is 34.1. The Hall–Kier alpha value is -2.13. The number of nitrogens with zero attached hydrogens (tertiary/aromatic N) is 1. The van der Waals surface area contributed by atoms with E-state index in [9.17, 15) is 4.79 Å². The quantitative estimate of drug-likeness (QED) is 0.700. The van der Waals surface area contributed by atoms with Crippen molar-refractivity contribution < 1.29 is 4.79 Å². The first-order chi connectivity index (χ1) is 15.6. The van der Waals surface area contributed by atoms with Crippen LogP contribution >= 0.6 is 0 Å². The first-order valence-electron chi connectivity index (χ1n) is 12.8. The van der Waals surface area contributed by atoms with Gasteiger partial charge < -0.3 is 10.2 Å². The number of hydrogen-bond acceptors (Lipinski definition) is 2. The molecule has 2 atom stereocenters. The van der Waals surface area contributed by atoms with Gasteiger partial charge in [0.15, 0.2) is 0 Å². The summed E-state index contributed by atoms with van der Waals surface area (Å²) in [6, 6.07) is 22.3. The molecular weight excluding hydrogens is 392 g/mol. The van der Waals surface area contributed by atoms with Crippen LogP contribution in [0.5, 0.6) is 0 Å². The third kappa shape index (κ3) is 3.59. The fraction of sp³-hybridized carbons (Fsp3) is 0.552. The summed E-state index contributed by atoms with van der Waals surface area (Å²) in [5, 5.41) is 3.72. The Bertz CT molecular complexity index is 934. The zero-order valence-corrected chi connectivity index (χ0v) is 19.1. The highest BCUT2D eigenvalue weighted by molar-refractivity contribution is 5.84. The molecule has 4 bridgehead atoms. The first kappa shape index (κ1) is 20.5. The average Bonchev–Trinajstić information content (AvgIpc) is 2.83. The van der Waals surface area contributed by atoms with Crippen molar-refractivity contribution in [2.24, 2.45) is 17.3 Å². The van der Waals surface area contributed by atoms with Crippen molar-refractivity contribution >= 4 is 5.91 Å². The van der Waals surface area contributed by atoms with Crippen LogP contribution in [0.4, 0.5) is 0 Å². The van der Waals surface area contributed by atoms with Crippen LogP contribution in [-0.4, -0.2) is 29.9 Å². The lowest BCUT2D eigenvalue weighted by molar-refractivity contribution is -0.161. The van der Waals surface area contributed by atoms with Gasteiger partial charge in [-0.25, -0.2) is 0 Å². The molecule has 7 rings (SSSR count). The van der Waals surface area contributed by atoms with Gasteiger partial charge >= 0.3 is 0 Å². The molecule has 3 nitrogen and oxygen atoms in total. The van der Waals surface area contributed by atoms with E-state index in [1.54, 1.807) is 0 Å². The lowest BCUT2D eigenvalue weighted by atomic mass is 9.42. The largest absolute Gasteiger partial charge is 0.342 e. The number of piperidine rings is 1. The minimum Gasteiger partial charge on any atom is -0.342 e. The van der Waals surface area contributed by atoms with Crippen molar-refractivity contribution in [1.82, 2.24) is 10.2 Å². The Balaban J connectivity index is 1.13. The van der Waals surface area contributed by atoms with E-state index in [2.05, 4.69) is 70.9 Å². The molecule has 1 saturated heterocycles. The van der Waals surface area contributed by atoms with Crippen molar-refractivity contribution in [3.63, 3.8) is 0 Å². The smallest absolute Gasteiger partial charge is 0.228 e. The number of hydrogen-bond donors (Lipinski definition) is 1. The average molecular weight is 429 g/mol. The fourth-order valence-electron chi connectivity index (χ4n) is 8.12. The molecule has 0 aromatic heterocycles. The van der Waals surface area contributed by atoms with Gasteiger partial charge in [-0.1, -0.05) is 60.7 Å². The molecule has 0 spiro atoms. The molecule has 5 fully saturated rings.